The Hall–Kier alpha value is -3.94. The highest BCUT2D eigenvalue weighted by Gasteiger charge is 2.33. The molecule has 1 atom stereocenters. The van der Waals surface area contributed by atoms with Crippen LogP contribution in [0.4, 0.5) is 10.7 Å². The van der Waals surface area contributed by atoms with Gasteiger partial charge in [0.2, 0.25) is 0 Å². The standard InChI is InChI=1S/C34H33ClN2O4S/c1-34(2,3)24-9-16-28-29(18-24)42-32(30(28)31(38)37-26-12-10-25(35)11-13-26)36-19-21-7-14-27(15-8-21)41-20-22-5-4-6-23(17-22)33(39)40/h4-8,10-15,17,19,24H,9,16,18,20H2,1-3H3,(H,37,38)(H,39,40)/t24-/m1/s1. The number of carboxylic acids is 1. The Morgan fingerprint density at radius 2 is 1.83 bits per heavy atom. The van der Waals surface area contributed by atoms with Crippen molar-refractivity contribution >= 4 is 51.7 Å². The maximum Gasteiger partial charge on any atom is 0.335 e. The quantitative estimate of drug-likeness (QED) is 0.198. The molecular formula is C34H33ClN2O4S. The van der Waals surface area contributed by atoms with Crippen LogP contribution >= 0.6 is 22.9 Å². The fourth-order valence-corrected chi connectivity index (χ4v) is 6.50. The van der Waals surface area contributed by atoms with Crippen molar-refractivity contribution in [2.24, 2.45) is 16.3 Å². The molecule has 0 spiro atoms. The summed E-state index contributed by atoms with van der Waals surface area (Å²) in [4.78, 5) is 30.8. The summed E-state index contributed by atoms with van der Waals surface area (Å²) in [5, 5.41) is 13.5. The number of nitrogens with one attached hydrogen (secondary N) is 1. The van der Waals surface area contributed by atoms with E-state index in [1.807, 2.05) is 30.3 Å². The van der Waals surface area contributed by atoms with Crippen molar-refractivity contribution in [3.63, 3.8) is 0 Å². The monoisotopic (exact) mass is 600 g/mol. The van der Waals surface area contributed by atoms with Gasteiger partial charge in [0, 0.05) is 21.8 Å². The first kappa shape index (κ1) is 29.5. The summed E-state index contributed by atoms with van der Waals surface area (Å²) in [5.41, 5.74) is 4.52. The highest BCUT2D eigenvalue weighted by molar-refractivity contribution is 7.16. The summed E-state index contributed by atoms with van der Waals surface area (Å²) in [6, 6.07) is 21.3. The summed E-state index contributed by atoms with van der Waals surface area (Å²) in [6.45, 7) is 7.11. The average molecular weight is 601 g/mol. The molecule has 2 N–H and O–H groups in total. The van der Waals surface area contributed by atoms with E-state index in [-0.39, 0.29) is 23.5 Å². The molecule has 42 heavy (non-hydrogen) atoms. The van der Waals surface area contributed by atoms with Crippen LogP contribution in [-0.2, 0) is 19.4 Å². The molecule has 1 aliphatic carbocycles. The van der Waals surface area contributed by atoms with Crippen LogP contribution in [-0.4, -0.2) is 23.2 Å². The number of carbonyl (C=O) groups is 2. The SMILES string of the molecule is CC(C)(C)[C@@H]1CCc2c(sc(N=Cc3ccc(OCc4cccc(C(=O)O)c4)cc3)c2C(=O)Nc2ccc(Cl)cc2)C1. The molecule has 1 aliphatic rings. The number of hydrogen-bond donors (Lipinski definition) is 2. The number of thiophene rings is 1. The number of benzene rings is 3. The van der Waals surface area contributed by atoms with E-state index in [2.05, 4.69) is 26.1 Å². The number of amides is 1. The highest BCUT2D eigenvalue weighted by atomic mass is 35.5. The van der Waals surface area contributed by atoms with Gasteiger partial charge in [0.25, 0.3) is 5.91 Å². The van der Waals surface area contributed by atoms with Crippen LogP contribution in [0, 0.1) is 11.3 Å². The van der Waals surface area contributed by atoms with Gasteiger partial charge in [-0.1, -0.05) is 44.5 Å². The first-order chi connectivity index (χ1) is 20.1. The largest absolute Gasteiger partial charge is 0.489 e. The molecule has 0 aliphatic heterocycles. The minimum absolute atomic E-state index is 0.160. The number of anilines is 1. The van der Waals surface area contributed by atoms with E-state index in [4.69, 9.17) is 21.3 Å². The number of aromatic carboxylic acids is 1. The zero-order valence-corrected chi connectivity index (χ0v) is 25.4. The van der Waals surface area contributed by atoms with E-state index in [1.165, 1.54) is 4.88 Å². The third-order valence-electron chi connectivity index (χ3n) is 7.59. The Morgan fingerprint density at radius 3 is 2.52 bits per heavy atom. The lowest BCUT2D eigenvalue weighted by Crippen LogP contribution is -2.27. The van der Waals surface area contributed by atoms with Crippen LogP contribution in [0.15, 0.2) is 77.8 Å². The first-order valence-electron chi connectivity index (χ1n) is 13.9. The Kier molecular flexibility index (Phi) is 8.80. The minimum Gasteiger partial charge on any atom is -0.489 e. The molecule has 5 rings (SSSR count). The van der Waals surface area contributed by atoms with Gasteiger partial charge in [0.05, 0.1) is 11.1 Å². The van der Waals surface area contributed by atoms with Crippen molar-refractivity contribution in [3.05, 3.63) is 111 Å². The van der Waals surface area contributed by atoms with Crippen molar-refractivity contribution in [1.82, 2.24) is 0 Å². The maximum absolute atomic E-state index is 13.6. The fraction of sp³-hybridized carbons (Fsp3) is 0.265. The van der Waals surface area contributed by atoms with Gasteiger partial charge in [-0.3, -0.25) is 4.79 Å². The summed E-state index contributed by atoms with van der Waals surface area (Å²) in [7, 11) is 0. The topological polar surface area (TPSA) is 88.0 Å². The van der Waals surface area contributed by atoms with Crippen LogP contribution < -0.4 is 10.1 Å². The van der Waals surface area contributed by atoms with E-state index >= 15 is 0 Å². The van der Waals surface area contributed by atoms with Crippen LogP contribution in [0.3, 0.4) is 0 Å². The third-order valence-corrected chi connectivity index (χ3v) is 9.01. The Bertz CT molecular complexity index is 1620. The molecule has 1 heterocycles. The van der Waals surface area contributed by atoms with Gasteiger partial charge in [0.1, 0.15) is 17.4 Å². The molecule has 1 aromatic heterocycles. The van der Waals surface area contributed by atoms with E-state index in [0.29, 0.717) is 32.9 Å². The van der Waals surface area contributed by atoms with Crippen molar-refractivity contribution < 1.29 is 19.4 Å². The van der Waals surface area contributed by atoms with E-state index in [1.54, 1.807) is 60.0 Å². The van der Waals surface area contributed by atoms with Gasteiger partial charge < -0.3 is 15.2 Å². The molecule has 1 amide bonds. The second-order valence-electron chi connectivity index (χ2n) is 11.6. The number of halogens is 1. The van der Waals surface area contributed by atoms with Crippen LogP contribution in [0.1, 0.15) is 69.5 Å². The van der Waals surface area contributed by atoms with Crippen molar-refractivity contribution in [2.75, 3.05) is 5.32 Å². The molecule has 4 aromatic rings. The molecular weight excluding hydrogens is 568 g/mol. The molecule has 0 radical (unpaired) electrons. The summed E-state index contributed by atoms with van der Waals surface area (Å²) >= 11 is 7.64. The molecule has 3 aromatic carbocycles. The van der Waals surface area contributed by atoms with Crippen molar-refractivity contribution in [3.8, 4) is 5.75 Å². The number of aliphatic imine (C=N–C) groups is 1. The molecule has 0 saturated heterocycles. The van der Waals surface area contributed by atoms with E-state index in [9.17, 15) is 14.7 Å². The van der Waals surface area contributed by atoms with Crippen LogP contribution in [0.2, 0.25) is 5.02 Å². The normalized spacial score (nSPS) is 14.9. The van der Waals surface area contributed by atoms with Gasteiger partial charge in [-0.25, -0.2) is 9.79 Å². The van der Waals surface area contributed by atoms with Gasteiger partial charge in [0.15, 0.2) is 0 Å². The van der Waals surface area contributed by atoms with Crippen molar-refractivity contribution in [2.45, 2.75) is 46.6 Å². The maximum atomic E-state index is 13.6. The fourth-order valence-electron chi connectivity index (χ4n) is 5.11. The van der Waals surface area contributed by atoms with Crippen LogP contribution in [0.25, 0.3) is 0 Å². The van der Waals surface area contributed by atoms with Gasteiger partial charge in [-0.2, -0.15) is 0 Å². The van der Waals surface area contributed by atoms with E-state index in [0.717, 1.165) is 36.0 Å². The molecule has 0 unspecified atom stereocenters. The second kappa shape index (κ2) is 12.5. The number of hydrogen-bond acceptors (Lipinski definition) is 5. The first-order valence-corrected chi connectivity index (χ1v) is 15.1. The highest BCUT2D eigenvalue weighted by Crippen LogP contribution is 2.45. The second-order valence-corrected chi connectivity index (χ2v) is 13.1. The smallest absolute Gasteiger partial charge is 0.335 e. The summed E-state index contributed by atoms with van der Waals surface area (Å²) < 4.78 is 5.86. The predicted octanol–water partition coefficient (Wildman–Crippen LogP) is 8.83. The molecule has 0 saturated carbocycles. The van der Waals surface area contributed by atoms with Gasteiger partial charge in [-0.05, 0) is 108 Å². The zero-order chi connectivity index (χ0) is 29.9. The summed E-state index contributed by atoms with van der Waals surface area (Å²) in [5.74, 6) is 0.0844. The molecule has 216 valence electrons. The lowest BCUT2D eigenvalue weighted by atomic mass is 9.72. The van der Waals surface area contributed by atoms with E-state index < -0.39 is 5.97 Å². The van der Waals surface area contributed by atoms with Crippen molar-refractivity contribution in [1.29, 1.82) is 0 Å². The predicted molar refractivity (Wildman–Crippen MR) is 170 cm³/mol. The Labute approximate surface area is 255 Å². The number of nitrogens with zero attached hydrogens (tertiary/aromatic N) is 1. The number of carbonyl (C=O) groups excluding carboxylic acids is 1. The lowest BCUT2D eigenvalue weighted by Gasteiger charge is -2.33. The van der Waals surface area contributed by atoms with Gasteiger partial charge >= 0.3 is 5.97 Å². The lowest BCUT2D eigenvalue weighted by molar-refractivity contribution is 0.0696. The third kappa shape index (κ3) is 7.09. The van der Waals surface area contributed by atoms with Gasteiger partial charge in [-0.15, -0.1) is 11.3 Å². The average Bonchev–Trinajstić information content (AvgIpc) is 3.34. The molecule has 0 bridgehead atoms. The number of rotatable bonds is 8. The molecule has 0 fully saturated rings. The summed E-state index contributed by atoms with van der Waals surface area (Å²) in [6.07, 6.45) is 4.62. The molecule has 6 nitrogen and oxygen atoms in total. The number of ether oxygens (including phenoxy) is 1. The number of fused-ring (bicyclic) bond motifs is 1. The Morgan fingerprint density at radius 1 is 1.10 bits per heavy atom. The zero-order valence-electron chi connectivity index (χ0n) is 23.8. The number of carboxylic acid groups (broad SMARTS) is 1. The van der Waals surface area contributed by atoms with Crippen LogP contribution in [0.5, 0.6) is 5.75 Å². The minimum atomic E-state index is -0.966. The Balaban J connectivity index is 1.34. The molecule has 8 heteroatoms.